The van der Waals surface area contributed by atoms with Crippen molar-refractivity contribution < 1.29 is 9.53 Å². The van der Waals surface area contributed by atoms with Crippen molar-refractivity contribution in [2.45, 2.75) is 25.3 Å². The first-order valence-corrected chi connectivity index (χ1v) is 10.0. The van der Waals surface area contributed by atoms with Gasteiger partial charge >= 0.3 is 0 Å². The zero-order chi connectivity index (χ0) is 20.0. The van der Waals surface area contributed by atoms with Crippen LogP contribution in [0.1, 0.15) is 25.0 Å². The molecule has 2 fully saturated rings. The molecule has 3 aromatic rings. The number of aromatic amines is 1. The Morgan fingerprint density at radius 2 is 2.14 bits per heavy atom. The van der Waals surface area contributed by atoms with Gasteiger partial charge in [0.1, 0.15) is 11.5 Å². The summed E-state index contributed by atoms with van der Waals surface area (Å²) in [5.41, 5.74) is 2.51. The first kappa shape index (κ1) is 18.1. The molecule has 2 saturated heterocycles. The van der Waals surface area contributed by atoms with E-state index in [1.807, 2.05) is 31.4 Å². The highest BCUT2D eigenvalue weighted by molar-refractivity contribution is 5.91. The highest BCUT2D eigenvalue weighted by Crippen LogP contribution is 2.32. The van der Waals surface area contributed by atoms with Crippen LogP contribution in [-0.4, -0.2) is 70.1 Å². The first-order valence-electron chi connectivity index (χ1n) is 10.0. The van der Waals surface area contributed by atoms with Gasteiger partial charge in [-0.1, -0.05) is 0 Å². The Hall–Kier alpha value is -3.00. The molecule has 5 heterocycles. The normalized spacial score (nSPS) is 22.6. The van der Waals surface area contributed by atoms with Crippen molar-refractivity contribution in [1.82, 2.24) is 24.8 Å². The summed E-state index contributed by atoms with van der Waals surface area (Å²) >= 11 is 0. The van der Waals surface area contributed by atoms with Crippen molar-refractivity contribution in [1.29, 1.82) is 0 Å². The smallest absolute Gasteiger partial charge is 0.231 e. The summed E-state index contributed by atoms with van der Waals surface area (Å²) in [4.78, 5) is 34.0. The minimum atomic E-state index is -0.222. The molecule has 0 aromatic carbocycles. The van der Waals surface area contributed by atoms with Gasteiger partial charge in [-0.15, -0.1) is 0 Å². The standard InChI is InChI=1S/C21H24N6O2/c1-13-12-29-10-9-27(13)18-11-17(16-5-8-26(2)21(16)28)24-20(25-18)15-4-7-23-19-14(15)3-6-22-19/h3-4,6-7,11,13,16H,5,8-10,12H2,1-2H3,(H,22,23). The van der Waals surface area contributed by atoms with Crippen LogP contribution >= 0.6 is 0 Å². The lowest BCUT2D eigenvalue weighted by molar-refractivity contribution is -0.127. The molecule has 1 N–H and O–H groups in total. The van der Waals surface area contributed by atoms with E-state index < -0.39 is 0 Å². The molecule has 2 atom stereocenters. The number of rotatable bonds is 3. The Labute approximate surface area is 168 Å². The number of morpholine rings is 1. The van der Waals surface area contributed by atoms with Gasteiger partial charge in [0.2, 0.25) is 5.91 Å². The number of fused-ring (bicyclic) bond motifs is 1. The number of likely N-dealkylation sites (N-methyl/N-ethyl adjacent to an activating group) is 1. The van der Waals surface area contributed by atoms with Gasteiger partial charge in [0.15, 0.2) is 5.82 Å². The molecule has 5 rings (SSSR count). The third kappa shape index (κ3) is 3.13. The number of aromatic nitrogens is 4. The number of H-pyrrole nitrogens is 1. The molecule has 2 aliphatic heterocycles. The van der Waals surface area contributed by atoms with E-state index in [0.29, 0.717) is 19.0 Å². The highest BCUT2D eigenvalue weighted by atomic mass is 16.5. The molecule has 0 radical (unpaired) electrons. The van der Waals surface area contributed by atoms with E-state index in [9.17, 15) is 4.79 Å². The molecule has 29 heavy (non-hydrogen) atoms. The zero-order valence-corrected chi connectivity index (χ0v) is 16.6. The van der Waals surface area contributed by atoms with Crippen LogP contribution < -0.4 is 4.90 Å². The number of amides is 1. The minimum absolute atomic E-state index is 0.122. The second-order valence-electron chi connectivity index (χ2n) is 7.79. The Balaban J connectivity index is 1.66. The first-order chi connectivity index (χ1) is 14.1. The second kappa shape index (κ2) is 7.11. The van der Waals surface area contributed by atoms with E-state index in [4.69, 9.17) is 14.7 Å². The van der Waals surface area contributed by atoms with Crippen LogP contribution in [0.4, 0.5) is 5.82 Å². The number of hydrogen-bond donors (Lipinski definition) is 1. The van der Waals surface area contributed by atoms with Gasteiger partial charge in [-0.2, -0.15) is 0 Å². The minimum Gasteiger partial charge on any atom is -0.377 e. The van der Waals surface area contributed by atoms with Crippen molar-refractivity contribution in [2.24, 2.45) is 0 Å². The van der Waals surface area contributed by atoms with E-state index in [2.05, 4.69) is 21.8 Å². The Morgan fingerprint density at radius 3 is 2.93 bits per heavy atom. The number of anilines is 1. The number of nitrogens with one attached hydrogen (secondary N) is 1. The highest BCUT2D eigenvalue weighted by Gasteiger charge is 2.33. The van der Waals surface area contributed by atoms with Crippen LogP contribution in [0.15, 0.2) is 30.6 Å². The lowest BCUT2D eigenvalue weighted by Crippen LogP contribution is -2.44. The maximum Gasteiger partial charge on any atom is 0.231 e. The van der Waals surface area contributed by atoms with Crippen LogP contribution in [0.25, 0.3) is 22.4 Å². The van der Waals surface area contributed by atoms with Crippen molar-refractivity contribution >= 4 is 22.8 Å². The molecule has 8 heteroatoms. The van der Waals surface area contributed by atoms with Gasteiger partial charge in [0.25, 0.3) is 0 Å². The number of carbonyl (C=O) groups is 1. The molecule has 0 aliphatic carbocycles. The van der Waals surface area contributed by atoms with Crippen molar-refractivity contribution in [2.75, 3.05) is 38.3 Å². The quantitative estimate of drug-likeness (QED) is 0.735. The predicted molar refractivity (Wildman–Crippen MR) is 110 cm³/mol. The van der Waals surface area contributed by atoms with E-state index in [1.165, 1.54) is 0 Å². The largest absolute Gasteiger partial charge is 0.377 e. The average Bonchev–Trinajstić information content (AvgIpc) is 3.35. The molecular weight excluding hydrogens is 368 g/mol. The maximum absolute atomic E-state index is 12.7. The van der Waals surface area contributed by atoms with Gasteiger partial charge in [-0.05, 0) is 25.5 Å². The molecule has 0 bridgehead atoms. The molecule has 2 aliphatic rings. The van der Waals surface area contributed by atoms with Crippen LogP contribution in [0, 0.1) is 0 Å². The summed E-state index contributed by atoms with van der Waals surface area (Å²) in [6, 6.07) is 6.12. The fraction of sp³-hybridized carbons (Fsp3) is 0.429. The Kier molecular flexibility index (Phi) is 4.43. The second-order valence-corrected chi connectivity index (χ2v) is 7.79. The lowest BCUT2D eigenvalue weighted by Gasteiger charge is -2.34. The summed E-state index contributed by atoms with van der Waals surface area (Å²) in [5, 5.41) is 0.973. The summed E-state index contributed by atoms with van der Waals surface area (Å²) in [7, 11) is 1.85. The summed E-state index contributed by atoms with van der Waals surface area (Å²) in [6.45, 7) is 4.99. The predicted octanol–water partition coefficient (Wildman–Crippen LogP) is 2.19. The van der Waals surface area contributed by atoms with E-state index in [1.54, 1.807) is 11.1 Å². The molecule has 8 nitrogen and oxygen atoms in total. The Morgan fingerprint density at radius 1 is 1.24 bits per heavy atom. The number of pyridine rings is 1. The van der Waals surface area contributed by atoms with Gasteiger partial charge in [-0.3, -0.25) is 4.79 Å². The van der Waals surface area contributed by atoms with Gasteiger partial charge in [-0.25, -0.2) is 15.0 Å². The summed E-state index contributed by atoms with van der Waals surface area (Å²) < 4.78 is 5.60. The maximum atomic E-state index is 12.7. The number of likely N-dealkylation sites (tertiary alicyclic amines) is 1. The topological polar surface area (TPSA) is 87.2 Å². The van der Waals surface area contributed by atoms with Crippen LogP contribution in [0.3, 0.4) is 0 Å². The van der Waals surface area contributed by atoms with Crippen LogP contribution in [-0.2, 0) is 9.53 Å². The van der Waals surface area contributed by atoms with Crippen molar-refractivity contribution in [3.63, 3.8) is 0 Å². The molecule has 1 amide bonds. The molecular formula is C21H24N6O2. The van der Waals surface area contributed by atoms with Crippen LogP contribution in [0.2, 0.25) is 0 Å². The number of hydrogen-bond acceptors (Lipinski definition) is 6. The molecule has 150 valence electrons. The fourth-order valence-electron chi connectivity index (χ4n) is 4.22. The SMILES string of the molecule is CC1COCCN1c1cc(C2CCN(C)C2=O)nc(-c2ccnc3[nH]ccc23)n1. The van der Waals surface area contributed by atoms with Gasteiger partial charge in [0, 0.05) is 49.5 Å². The van der Waals surface area contributed by atoms with E-state index in [0.717, 1.165) is 47.6 Å². The van der Waals surface area contributed by atoms with Crippen molar-refractivity contribution in [3.8, 4) is 11.4 Å². The molecule has 2 unspecified atom stereocenters. The number of carbonyl (C=O) groups excluding carboxylic acids is 1. The van der Waals surface area contributed by atoms with E-state index in [-0.39, 0.29) is 17.9 Å². The average molecular weight is 392 g/mol. The summed E-state index contributed by atoms with van der Waals surface area (Å²) in [5.74, 6) is 1.38. The summed E-state index contributed by atoms with van der Waals surface area (Å²) in [6.07, 6.45) is 4.40. The van der Waals surface area contributed by atoms with E-state index >= 15 is 0 Å². The third-order valence-electron chi connectivity index (χ3n) is 5.88. The zero-order valence-electron chi connectivity index (χ0n) is 16.6. The van der Waals surface area contributed by atoms with Crippen molar-refractivity contribution in [3.05, 3.63) is 36.3 Å². The fourth-order valence-corrected chi connectivity index (χ4v) is 4.22. The van der Waals surface area contributed by atoms with Crippen LogP contribution in [0.5, 0.6) is 0 Å². The Bertz CT molecular complexity index is 1060. The third-order valence-corrected chi connectivity index (χ3v) is 5.88. The molecule has 0 spiro atoms. The number of ether oxygens (including phenoxy) is 1. The monoisotopic (exact) mass is 392 g/mol. The lowest BCUT2D eigenvalue weighted by atomic mass is 10.0. The molecule has 0 saturated carbocycles. The molecule has 3 aromatic heterocycles. The van der Waals surface area contributed by atoms with Gasteiger partial charge < -0.3 is 19.5 Å². The van der Waals surface area contributed by atoms with Gasteiger partial charge in [0.05, 0.1) is 30.9 Å². The number of nitrogens with zero attached hydrogens (tertiary/aromatic N) is 5.